The Hall–Kier alpha value is -1.71. The van der Waals surface area contributed by atoms with Crippen LogP contribution in [0, 0.1) is 0 Å². The molecule has 2 N–H and O–H groups in total. The predicted octanol–water partition coefficient (Wildman–Crippen LogP) is 3.65. The summed E-state index contributed by atoms with van der Waals surface area (Å²) in [5.74, 6) is 1.56. The summed E-state index contributed by atoms with van der Waals surface area (Å²) in [6.45, 7) is 1.65. The Bertz CT molecular complexity index is 531. The maximum atomic E-state index is 6.11. The summed E-state index contributed by atoms with van der Waals surface area (Å²) in [4.78, 5) is 0. The lowest BCUT2D eigenvalue weighted by atomic mass is 10.2. The molecule has 0 heterocycles. The zero-order valence-electron chi connectivity index (χ0n) is 11.2. The van der Waals surface area contributed by atoms with Gasteiger partial charge >= 0.3 is 0 Å². The number of para-hydroxylation sites is 1. The second-order valence-corrected chi connectivity index (χ2v) is 4.74. The van der Waals surface area contributed by atoms with Crippen LogP contribution in [0.25, 0.3) is 0 Å². The molecule has 4 heteroatoms. The van der Waals surface area contributed by atoms with Crippen molar-refractivity contribution >= 4 is 11.6 Å². The molecule has 0 fully saturated rings. The number of hydrogen-bond acceptors (Lipinski definition) is 3. The normalized spacial score (nSPS) is 10.3. The van der Waals surface area contributed by atoms with Crippen molar-refractivity contribution in [3.05, 3.63) is 59.1 Å². The topological polar surface area (TPSA) is 44.5 Å². The molecular weight excluding hydrogens is 274 g/mol. The predicted molar refractivity (Wildman–Crippen MR) is 81.4 cm³/mol. The molecule has 2 aromatic carbocycles. The third kappa shape index (κ3) is 4.44. The molecule has 20 heavy (non-hydrogen) atoms. The van der Waals surface area contributed by atoms with Crippen LogP contribution in [0.15, 0.2) is 48.5 Å². The molecule has 0 bridgehead atoms. The van der Waals surface area contributed by atoms with Crippen molar-refractivity contribution in [1.29, 1.82) is 0 Å². The van der Waals surface area contributed by atoms with E-state index in [4.69, 9.17) is 26.8 Å². The standard InChI is InChI=1S/C16H18ClNO2/c17-15-11-13(12-18)7-8-16(15)20-10-4-9-19-14-5-2-1-3-6-14/h1-3,5-8,11H,4,9-10,12,18H2. The third-order valence-electron chi connectivity index (χ3n) is 2.79. The van der Waals surface area contributed by atoms with Gasteiger partial charge in [-0.3, -0.25) is 0 Å². The lowest BCUT2D eigenvalue weighted by Crippen LogP contribution is -2.05. The molecule has 106 valence electrons. The van der Waals surface area contributed by atoms with Crippen molar-refractivity contribution in [1.82, 2.24) is 0 Å². The van der Waals surface area contributed by atoms with Gasteiger partial charge in [0.05, 0.1) is 18.2 Å². The molecule has 0 saturated carbocycles. The number of rotatable bonds is 7. The largest absolute Gasteiger partial charge is 0.493 e. The second kappa shape index (κ2) is 7.78. The Labute approximate surface area is 124 Å². The molecule has 0 radical (unpaired) electrons. The van der Waals surface area contributed by atoms with E-state index >= 15 is 0 Å². The summed E-state index contributed by atoms with van der Waals surface area (Å²) in [5, 5.41) is 0.594. The lowest BCUT2D eigenvalue weighted by molar-refractivity contribution is 0.247. The van der Waals surface area contributed by atoms with Gasteiger partial charge in [-0.15, -0.1) is 0 Å². The van der Waals surface area contributed by atoms with Crippen molar-refractivity contribution in [3.63, 3.8) is 0 Å². The minimum absolute atomic E-state index is 0.477. The third-order valence-corrected chi connectivity index (χ3v) is 3.09. The highest BCUT2D eigenvalue weighted by atomic mass is 35.5. The van der Waals surface area contributed by atoms with E-state index in [2.05, 4.69) is 0 Å². The quantitative estimate of drug-likeness (QED) is 0.792. The average Bonchev–Trinajstić information content (AvgIpc) is 2.49. The minimum atomic E-state index is 0.477. The fraction of sp³-hybridized carbons (Fsp3) is 0.250. The SMILES string of the molecule is NCc1ccc(OCCCOc2ccccc2)c(Cl)c1. The van der Waals surface area contributed by atoms with Crippen LogP contribution in [0.1, 0.15) is 12.0 Å². The average molecular weight is 292 g/mol. The molecule has 0 atom stereocenters. The summed E-state index contributed by atoms with van der Waals surface area (Å²) in [6, 6.07) is 15.3. The number of hydrogen-bond donors (Lipinski definition) is 1. The minimum Gasteiger partial charge on any atom is -0.493 e. The smallest absolute Gasteiger partial charge is 0.137 e. The van der Waals surface area contributed by atoms with E-state index in [1.807, 2.05) is 48.5 Å². The Kier molecular flexibility index (Phi) is 5.71. The van der Waals surface area contributed by atoms with Gasteiger partial charge in [-0.05, 0) is 29.8 Å². The Morgan fingerprint density at radius 1 is 0.950 bits per heavy atom. The molecule has 0 aliphatic heterocycles. The highest BCUT2D eigenvalue weighted by molar-refractivity contribution is 6.32. The Morgan fingerprint density at radius 2 is 1.70 bits per heavy atom. The molecule has 0 amide bonds. The summed E-state index contributed by atoms with van der Waals surface area (Å²) >= 11 is 6.11. The van der Waals surface area contributed by atoms with Crippen LogP contribution in [-0.4, -0.2) is 13.2 Å². The first-order valence-electron chi connectivity index (χ1n) is 6.59. The lowest BCUT2D eigenvalue weighted by Gasteiger charge is -2.10. The summed E-state index contributed by atoms with van der Waals surface area (Å²) < 4.78 is 11.2. The van der Waals surface area contributed by atoms with Crippen LogP contribution in [0.2, 0.25) is 5.02 Å². The van der Waals surface area contributed by atoms with E-state index in [1.54, 1.807) is 0 Å². The van der Waals surface area contributed by atoms with Crippen LogP contribution in [0.3, 0.4) is 0 Å². The van der Waals surface area contributed by atoms with Gasteiger partial charge in [0, 0.05) is 13.0 Å². The van der Waals surface area contributed by atoms with Crippen molar-refractivity contribution in [2.45, 2.75) is 13.0 Å². The fourth-order valence-corrected chi connectivity index (χ4v) is 1.99. The van der Waals surface area contributed by atoms with Gasteiger partial charge in [-0.1, -0.05) is 35.9 Å². The maximum absolute atomic E-state index is 6.11. The van der Waals surface area contributed by atoms with Crippen molar-refractivity contribution in [2.75, 3.05) is 13.2 Å². The van der Waals surface area contributed by atoms with E-state index in [0.717, 1.165) is 17.7 Å². The number of nitrogens with two attached hydrogens (primary N) is 1. The van der Waals surface area contributed by atoms with Gasteiger partial charge in [0.2, 0.25) is 0 Å². The van der Waals surface area contributed by atoms with Crippen LogP contribution >= 0.6 is 11.6 Å². The Balaban J connectivity index is 1.71. The zero-order chi connectivity index (χ0) is 14.2. The van der Waals surface area contributed by atoms with Crippen molar-refractivity contribution in [2.24, 2.45) is 5.73 Å². The van der Waals surface area contributed by atoms with Crippen LogP contribution in [0.4, 0.5) is 0 Å². The summed E-state index contributed by atoms with van der Waals surface area (Å²) in [5.41, 5.74) is 6.54. The van der Waals surface area contributed by atoms with Gasteiger partial charge < -0.3 is 15.2 Å². The molecule has 2 rings (SSSR count). The molecule has 3 nitrogen and oxygen atoms in total. The van der Waals surface area contributed by atoms with Gasteiger partial charge in [0.15, 0.2) is 0 Å². The molecule has 2 aromatic rings. The monoisotopic (exact) mass is 291 g/mol. The molecule has 0 spiro atoms. The number of halogens is 1. The molecule has 0 aromatic heterocycles. The van der Waals surface area contributed by atoms with Gasteiger partial charge in [0.25, 0.3) is 0 Å². The molecule has 0 aliphatic rings. The zero-order valence-corrected chi connectivity index (χ0v) is 12.0. The molecule has 0 unspecified atom stereocenters. The molecule has 0 aliphatic carbocycles. The van der Waals surface area contributed by atoms with Crippen LogP contribution in [0.5, 0.6) is 11.5 Å². The molecule has 0 saturated heterocycles. The summed E-state index contributed by atoms with van der Waals surface area (Å²) in [6.07, 6.45) is 0.795. The van der Waals surface area contributed by atoms with E-state index in [1.165, 1.54) is 0 Å². The van der Waals surface area contributed by atoms with E-state index in [0.29, 0.717) is 30.5 Å². The fourth-order valence-electron chi connectivity index (χ4n) is 1.74. The summed E-state index contributed by atoms with van der Waals surface area (Å²) in [7, 11) is 0. The first-order valence-corrected chi connectivity index (χ1v) is 6.96. The number of ether oxygens (including phenoxy) is 2. The Morgan fingerprint density at radius 3 is 2.40 bits per heavy atom. The van der Waals surface area contributed by atoms with Gasteiger partial charge in [-0.2, -0.15) is 0 Å². The van der Waals surface area contributed by atoms with E-state index in [-0.39, 0.29) is 0 Å². The number of benzene rings is 2. The van der Waals surface area contributed by atoms with Crippen molar-refractivity contribution < 1.29 is 9.47 Å². The van der Waals surface area contributed by atoms with E-state index in [9.17, 15) is 0 Å². The highest BCUT2D eigenvalue weighted by Crippen LogP contribution is 2.25. The van der Waals surface area contributed by atoms with E-state index < -0.39 is 0 Å². The van der Waals surface area contributed by atoms with Crippen LogP contribution in [-0.2, 0) is 6.54 Å². The first-order chi connectivity index (χ1) is 9.79. The van der Waals surface area contributed by atoms with Crippen LogP contribution < -0.4 is 15.2 Å². The molecular formula is C16H18ClNO2. The maximum Gasteiger partial charge on any atom is 0.137 e. The first kappa shape index (κ1) is 14.7. The highest BCUT2D eigenvalue weighted by Gasteiger charge is 2.02. The van der Waals surface area contributed by atoms with Gasteiger partial charge in [-0.25, -0.2) is 0 Å². The van der Waals surface area contributed by atoms with Crippen molar-refractivity contribution in [3.8, 4) is 11.5 Å². The van der Waals surface area contributed by atoms with Gasteiger partial charge in [0.1, 0.15) is 11.5 Å². The second-order valence-electron chi connectivity index (χ2n) is 4.33.